The van der Waals surface area contributed by atoms with E-state index in [1.54, 1.807) is 0 Å². The number of ether oxygens (including phenoxy) is 1. The van der Waals surface area contributed by atoms with E-state index in [0.717, 1.165) is 0 Å². The third-order valence-electron chi connectivity index (χ3n) is 3.09. The van der Waals surface area contributed by atoms with Crippen LogP contribution in [0, 0.1) is 10.1 Å². The van der Waals surface area contributed by atoms with Gasteiger partial charge in [0.05, 0.1) is 27.8 Å². The average Bonchev–Trinajstić information content (AvgIpc) is 2.60. The molecule has 2 aromatic rings. The number of anilines is 1. The first-order chi connectivity index (χ1) is 12.3. The van der Waals surface area contributed by atoms with Crippen LogP contribution in [0.5, 0.6) is 5.75 Å². The fourth-order valence-electron chi connectivity index (χ4n) is 1.89. The summed E-state index contributed by atoms with van der Waals surface area (Å²) in [4.78, 5) is 22.3. The zero-order valence-electron chi connectivity index (χ0n) is 13.2. The lowest BCUT2D eigenvalue weighted by molar-refractivity contribution is -0.384. The number of methoxy groups -OCH3 is 1. The summed E-state index contributed by atoms with van der Waals surface area (Å²) in [5.74, 6) is -0.259. The summed E-state index contributed by atoms with van der Waals surface area (Å²) in [6, 6.07) is 8.42. The highest BCUT2D eigenvalue weighted by Gasteiger charge is 2.14. The maximum absolute atomic E-state index is 12.2. The smallest absolute Gasteiger partial charge is 0.269 e. The molecule has 0 bridgehead atoms. The maximum Gasteiger partial charge on any atom is 0.269 e. The van der Waals surface area contributed by atoms with Gasteiger partial charge in [0.15, 0.2) is 10.9 Å². The predicted octanol–water partition coefficient (Wildman–Crippen LogP) is 3.54. The van der Waals surface area contributed by atoms with Crippen LogP contribution in [0.15, 0.2) is 36.4 Å². The lowest BCUT2D eigenvalue weighted by Crippen LogP contribution is -2.41. The van der Waals surface area contributed by atoms with Gasteiger partial charge in [0.2, 0.25) is 0 Å². The van der Waals surface area contributed by atoms with Gasteiger partial charge in [-0.2, -0.15) is 0 Å². The Hall–Kier alpha value is -2.62. The molecule has 1 amide bonds. The predicted molar refractivity (Wildman–Crippen MR) is 103 cm³/mol. The normalized spacial score (nSPS) is 9.96. The molecule has 0 saturated heterocycles. The fourth-order valence-corrected chi connectivity index (χ4v) is 2.67. The maximum atomic E-state index is 12.2. The Morgan fingerprint density at radius 2 is 1.77 bits per heavy atom. The van der Waals surface area contributed by atoms with E-state index in [0.29, 0.717) is 5.69 Å². The quantitative estimate of drug-likeness (QED) is 0.390. The standard InChI is InChI=1S/C15H12Cl2N4O4S/c1-25-13-11(16)6-8(7-12(13)17)14(22)18-15(26)20-19-9-2-4-10(5-3-9)21(23)24/h2-7,19H,1H3,(H2,18,20,22,26). The number of amides is 1. The molecule has 0 aliphatic rings. The molecule has 11 heteroatoms. The Balaban J connectivity index is 1.95. The van der Waals surface area contributed by atoms with Crippen molar-refractivity contribution in [3.8, 4) is 5.75 Å². The summed E-state index contributed by atoms with van der Waals surface area (Å²) < 4.78 is 5.02. The number of hydrogen-bond donors (Lipinski definition) is 3. The highest BCUT2D eigenvalue weighted by atomic mass is 35.5. The van der Waals surface area contributed by atoms with Crippen molar-refractivity contribution in [2.75, 3.05) is 12.5 Å². The number of carbonyl (C=O) groups excluding carboxylic acids is 1. The van der Waals surface area contributed by atoms with E-state index in [-0.39, 0.29) is 32.2 Å². The third kappa shape index (κ3) is 4.94. The van der Waals surface area contributed by atoms with Crippen LogP contribution in [-0.2, 0) is 0 Å². The SMILES string of the molecule is COc1c(Cl)cc(C(=O)NC(=S)NNc2ccc([N+](=O)[O-])cc2)cc1Cl. The van der Waals surface area contributed by atoms with Crippen LogP contribution in [0.4, 0.5) is 11.4 Å². The van der Waals surface area contributed by atoms with Gasteiger partial charge in [-0.05, 0) is 36.5 Å². The van der Waals surface area contributed by atoms with Crippen LogP contribution in [0.3, 0.4) is 0 Å². The van der Waals surface area contributed by atoms with Crippen molar-refractivity contribution in [3.63, 3.8) is 0 Å². The molecule has 0 atom stereocenters. The van der Waals surface area contributed by atoms with Crippen LogP contribution in [0.25, 0.3) is 0 Å². The molecule has 0 heterocycles. The Morgan fingerprint density at radius 1 is 1.19 bits per heavy atom. The van der Waals surface area contributed by atoms with Crippen LogP contribution < -0.4 is 20.9 Å². The molecule has 26 heavy (non-hydrogen) atoms. The van der Waals surface area contributed by atoms with E-state index in [9.17, 15) is 14.9 Å². The number of nitrogens with zero attached hydrogens (tertiary/aromatic N) is 1. The molecule has 0 saturated carbocycles. The second kappa shape index (κ2) is 8.65. The second-order valence-electron chi connectivity index (χ2n) is 4.81. The fraction of sp³-hybridized carbons (Fsp3) is 0.0667. The number of non-ortho nitro benzene ring substituents is 1. The number of halogens is 2. The summed E-state index contributed by atoms with van der Waals surface area (Å²) in [7, 11) is 1.41. The molecular formula is C15H12Cl2N4O4S. The minimum absolute atomic E-state index is 0.0172. The van der Waals surface area contributed by atoms with Crippen molar-refractivity contribution in [2.45, 2.75) is 0 Å². The number of hydrazine groups is 1. The van der Waals surface area contributed by atoms with Gasteiger partial charge in [-0.1, -0.05) is 23.2 Å². The van der Waals surface area contributed by atoms with Crippen LogP contribution in [0.1, 0.15) is 10.4 Å². The van der Waals surface area contributed by atoms with E-state index < -0.39 is 10.8 Å². The minimum Gasteiger partial charge on any atom is -0.494 e. The van der Waals surface area contributed by atoms with Gasteiger partial charge < -0.3 is 4.74 Å². The molecule has 0 aliphatic carbocycles. The zero-order chi connectivity index (χ0) is 19.3. The average molecular weight is 415 g/mol. The number of nitrogens with one attached hydrogen (secondary N) is 3. The number of nitro groups is 1. The summed E-state index contributed by atoms with van der Waals surface area (Å²) in [5.41, 5.74) is 5.97. The number of benzene rings is 2. The molecular weight excluding hydrogens is 403 g/mol. The number of rotatable bonds is 5. The van der Waals surface area contributed by atoms with Crippen molar-refractivity contribution in [1.29, 1.82) is 0 Å². The first kappa shape index (κ1) is 19.7. The van der Waals surface area contributed by atoms with Gasteiger partial charge in [-0.15, -0.1) is 0 Å². The Kier molecular flexibility index (Phi) is 6.56. The Bertz CT molecular complexity index is 838. The monoisotopic (exact) mass is 414 g/mol. The molecule has 0 aromatic heterocycles. The number of nitro benzene ring substituents is 1. The Labute approximate surface area is 163 Å². The summed E-state index contributed by atoms with van der Waals surface area (Å²) in [6.07, 6.45) is 0. The molecule has 8 nitrogen and oxygen atoms in total. The summed E-state index contributed by atoms with van der Waals surface area (Å²) >= 11 is 17.0. The van der Waals surface area contributed by atoms with Gasteiger partial charge in [0, 0.05) is 17.7 Å². The van der Waals surface area contributed by atoms with E-state index >= 15 is 0 Å². The highest BCUT2D eigenvalue weighted by molar-refractivity contribution is 7.80. The molecule has 0 unspecified atom stereocenters. The molecule has 2 aromatic carbocycles. The van der Waals surface area contributed by atoms with Crippen LogP contribution in [-0.4, -0.2) is 23.1 Å². The van der Waals surface area contributed by atoms with Gasteiger partial charge in [0.25, 0.3) is 11.6 Å². The zero-order valence-corrected chi connectivity index (χ0v) is 15.5. The highest BCUT2D eigenvalue weighted by Crippen LogP contribution is 2.33. The Morgan fingerprint density at radius 3 is 2.27 bits per heavy atom. The van der Waals surface area contributed by atoms with Crippen molar-refractivity contribution < 1.29 is 14.5 Å². The van der Waals surface area contributed by atoms with Crippen molar-refractivity contribution in [2.24, 2.45) is 0 Å². The minimum atomic E-state index is -0.528. The summed E-state index contributed by atoms with van der Waals surface area (Å²) in [5, 5.41) is 13.4. The van der Waals surface area contributed by atoms with E-state index in [4.69, 9.17) is 40.2 Å². The molecule has 0 aliphatic heterocycles. The molecule has 0 spiro atoms. The molecule has 2 rings (SSSR count). The number of carbonyl (C=O) groups is 1. The third-order valence-corrected chi connectivity index (χ3v) is 3.86. The van der Waals surface area contributed by atoms with E-state index in [2.05, 4.69) is 16.2 Å². The van der Waals surface area contributed by atoms with Crippen molar-refractivity contribution >= 4 is 57.8 Å². The van der Waals surface area contributed by atoms with Gasteiger partial charge in [-0.25, -0.2) is 0 Å². The first-order valence-corrected chi connectivity index (χ1v) is 8.13. The van der Waals surface area contributed by atoms with Crippen LogP contribution in [0.2, 0.25) is 10.0 Å². The molecule has 0 radical (unpaired) electrons. The van der Waals surface area contributed by atoms with E-state index in [1.165, 1.54) is 43.5 Å². The largest absolute Gasteiger partial charge is 0.494 e. The number of thiocarbonyl (C=S) groups is 1. The summed E-state index contributed by atoms with van der Waals surface area (Å²) in [6.45, 7) is 0. The molecule has 3 N–H and O–H groups in total. The first-order valence-electron chi connectivity index (χ1n) is 6.96. The van der Waals surface area contributed by atoms with Crippen LogP contribution >= 0.6 is 35.4 Å². The van der Waals surface area contributed by atoms with E-state index in [1.807, 2.05) is 0 Å². The van der Waals surface area contributed by atoms with Gasteiger partial charge >= 0.3 is 0 Å². The molecule has 0 fully saturated rings. The van der Waals surface area contributed by atoms with Gasteiger partial charge in [0.1, 0.15) is 0 Å². The van der Waals surface area contributed by atoms with Crippen molar-refractivity contribution in [3.05, 3.63) is 62.1 Å². The number of hydrogen-bond acceptors (Lipinski definition) is 6. The second-order valence-corrected chi connectivity index (χ2v) is 6.03. The lowest BCUT2D eigenvalue weighted by Gasteiger charge is -2.12. The van der Waals surface area contributed by atoms with Gasteiger partial charge in [-0.3, -0.25) is 31.1 Å². The lowest BCUT2D eigenvalue weighted by atomic mass is 10.2. The molecule has 136 valence electrons. The van der Waals surface area contributed by atoms with Crippen molar-refractivity contribution in [1.82, 2.24) is 10.7 Å². The topological polar surface area (TPSA) is 106 Å².